The molecule has 0 fully saturated rings. The monoisotopic (exact) mass is 391 g/mol. The van der Waals surface area contributed by atoms with Crippen molar-refractivity contribution >= 4 is 28.6 Å². The molecule has 27 heavy (non-hydrogen) atoms. The lowest BCUT2D eigenvalue weighted by molar-refractivity contribution is -0.00119. The van der Waals surface area contributed by atoms with Gasteiger partial charge in [0.25, 0.3) is 0 Å². The summed E-state index contributed by atoms with van der Waals surface area (Å²) in [6.07, 6.45) is 3.43. The summed E-state index contributed by atoms with van der Waals surface area (Å²) in [7, 11) is 1.62. The summed E-state index contributed by atoms with van der Waals surface area (Å²) in [6.45, 7) is 5.23. The summed E-state index contributed by atoms with van der Waals surface area (Å²) in [6, 6.07) is 0. The van der Waals surface area contributed by atoms with Gasteiger partial charge in [-0.15, -0.1) is 0 Å². The average molecular weight is 392 g/mol. The van der Waals surface area contributed by atoms with E-state index in [-0.39, 0.29) is 11.1 Å². The largest absolute Gasteiger partial charge is 0.496 e. The lowest BCUT2D eigenvalue weighted by atomic mass is 9.98. The van der Waals surface area contributed by atoms with Gasteiger partial charge >= 0.3 is 0 Å². The smallest absolute Gasteiger partial charge is 0.223 e. The van der Waals surface area contributed by atoms with E-state index < -0.39 is 12.2 Å². The third kappa shape index (κ3) is 3.31. The highest BCUT2D eigenvalue weighted by molar-refractivity contribution is 6.34. The van der Waals surface area contributed by atoms with Crippen LogP contribution in [0.3, 0.4) is 0 Å². The van der Waals surface area contributed by atoms with E-state index in [1.54, 1.807) is 24.1 Å². The van der Waals surface area contributed by atoms with Gasteiger partial charge < -0.3 is 25.3 Å². The van der Waals surface area contributed by atoms with Crippen molar-refractivity contribution in [3.63, 3.8) is 0 Å². The number of pyridine rings is 1. The van der Waals surface area contributed by atoms with Gasteiger partial charge in [0.15, 0.2) is 0 Å². The fraction of sp³-hybridized carbons (Fsp3) is 0.389. The first kappa shape index (κ1) is 19.3. The molecule has 3 aromatic rings. The first-order valence-corrected chi connectivity index (χ1v) is 8.72. The number of rotatable bonds is 5. The van der Waals surface area contributed by atoms with Crippen LogP contribution in [-0.4, -0.2) is 43.4 Å². The highest BCUT2D eigenvalue weighted by Crippen LogP contribution is 2.34. The number of methoxy groups -OCH3 is 1. The van der Waals surface area contributed by atoms with E-state index >= 15 is 0 Å². The maximum absolute atomic E-state index is 10.6. The molecule has 8 nitrogen and oxygen atoms in total. The van der Waals surface area contributed by atoms with Crippen molar-refractivity contribution in [2.45, 2.75) is 32.9 Å². The van der Waals surface area contributed by atoms with Crippen LogP contribution in [0.5, 0.6) is 5.75 Å². The van der Waals surface area contributed by atoms with Gasteiger partial charge in [0.05, 0.1) is 31.3 Å². The van der Waals surface area contributed by atoms with E-state index in [1.165, 1.54) is 6.92 Å². The van der Waals surface area contributed by atoms with Gasteiger partial charge in [-0.05, 0) is 20.8 Å². The number of aliphatic hydroxyl groups is 2. The quantitative estimate of drug-likeness (QED) is 0.568. The molecule has 0 aliphatic carbocycles. The predicted octanol–water partition coefficient (Wildman–Crippen LogP) is 1.94. The number of anilines is 1. The Kier molecular flexibility index (Phi) is 4.98. The molecular weight excluding hydrogens is 370 g/mol. The Balaban J connectivity index is 2.21. The number of aliphatic hydroxyl groups excluding tert-OH is 1. The van der Waals surface area contributed by atoms with Gasteiger partial charge in [0.1, 0.15) is 22.2 Å². The molecule has 0 spiro atoms. The van der Waals surface area contributed by atoms with Crippen molar-refractivity contribution in [3.05, 3.63) is 39.9 Å². The molecule has 9 heteroatoms. The van der Waals surface area contributed by atoms with Crippen LogP contribution in [0, 0.1) is 13.8 Å². The summed E-state index contributed by atoms with van der Waals surface area (Å²) >= 11 is 6.27. The van der Waals surface area contributed by atoms with Crippen molar-refractivity contribution in [2.24, 2.45) is 0 Å². The first-order chi connectivity index (χ1) is 12.7. The van der Waals surface area contributed by atoms with E-state index in [4.69, 9.17) is 22.1 Å². The number of aromatic nitrogens is 4. The molecule has 0 saturated heterocycles. The minimum absolute atomic E-state index is 0.0215. The summed E-state index contributed by atoms with van der Waals surface area (Å²) in [5, 5.41) is 20.8. The standard InChI is InChI=1S/C18H22ClN5O3/c1-9-5-21-12(10(2)14(9)27-4)7-24-6-11(18(3,26)8-25)13-15(19)22-17(20)23-16(13)24/h5-6,25-26H,7-8H2,1-4H3,(H2,20,22,23)/t18-/m1/s1. The number of fused-ring (bicyclic) bond motifs is 1. The maximum atomic E-state index is 10.6. The van der Waals surface area contributed by atoms with Crippen LogP contribution in [0.2, 0.25) is 5.15 Å². The summed E-state index contributed by atoms with van der Waals surface area (Å²) < 4.78 is 7.25. The molecule has 0 bridgehead atoms. The molecule has 0 saturated carbocycles. The lowest BCUT2D eigenvalue weighted by Crippen LogP contribution is -2.25. The van der Waals surface area contributed by atoms with Gasteiger partial charge in [0.2, 0.25) is 5.95 Å². The van der Waals surface area contributed by atoms with Crippen LogP contribution in [0.25, 0.3) is 11.0 Å². The van der Waals surface area contributed by atoms with Crippen LogP contribution in [0.15, 0.2) is 12.4 Å². The van der Waals surface area contributed by atoms with Crippen molar-refractivity contribution in [1.29, 1.82) is 0 Å². The number of nitrogen functional groups attached to an aromatic ring is 1. The lowest BCUT2D eigenvalue weighted by Gasteiger charge is -2.19. The predicted molar refractivity (Wildman–Crippen MR) is 103 cm³/mol. The number of nitrogens with zero attached hydrogens (tertiary/aromatic N) is 4. The Morgan fingerprint density at radius 3 is 2.67 bits per heavy atom. The summed E-state index contributed by atoms with van der Waals surface area (Å²) in [5.74, 6) is 0.791. The van der Waals surface area contributed by atoms with Crippen molar-refractivity contribution < 1.29 is 14.9 Å². The molecule has 0 aliphatic rings. The molecule has 0 unspecified atom stereocenters. The third-order valence-electron chi connectivity index (χ3n) is 4.65. The van der Waals surface area contributed by atoms with E-state index in [2.05, 4.69) is 15.0 Å². The molecule has 144 valence electrons. The molecule has 1 atom stereocenters. The van der Waals surface area contributed by atoms with E-state index in [0.29, 0.717) is 23.1 Å². The Bertz CT molecular complexity index is 1020. The van der Waals surface area contributed by atoms with Gasteiger partial charge in [-0.1, -0.05) is 11.6 Å². The molecule has 0 aliphatic heterocycles. The second-order valence-corrected chi connectivity index (χ2v) is 7.08. The maximum Gasteiger partial charge on any atom is 0.223 e. The molecule has 0 radical (unpaired) electrons. The molecule has 3 rings (SSSR count). The van der Waals surface area contributed by atoms with E-state index in [1.807, 2.05) is 13.8 Å². The second kappa shape index (κ2) is 6.95. The van der Waals surface area contributed by atoms with E-state index in [9.17, 15) is 10.2 Å². The zero-order valence-corrected chi connectivity index (χ0v) is 16.4. The Morgan fingerprint density at radius 2 is 2.04 bits per heavy atom. The number of aryl methyl sites for hydroxylation is 1. The molecule has 0 aromatic carbocycles. The summed E-state index contributed by atoms with van der Waals surface area (Å²) in [4.78, 5) is 12.8. The van der Waals surface area contributed by atoms with Crippen LogP contribution in [-0.2, 0) is 12.1 Å². The van der Waals surface area contributed by atoms with Gasteiger partial charge in [-0.25, -0.2) is 4.98 Å². The zero-order valence-electron chi connectivity index (χ0n) is 15.6. The van der Waals surface area contributed by atoms with Crippen LogP contribution < -0.4 is 10.5 Å². The Hall–Kier alpha value is -2.42. The Labute approximate surface area is 161 Å². The topological polar surface area (TPSA) is 119 Å². The third-order valence-corrected chi connectivity index (χ3v) is 4.92. The minimum Gasteiger partial charge on any atom is -0.496 e. The van der Waals surface area contributed by atoms with Gasteiger partial charge in [0, 0.05) is 29.1 Å². The number of hydrogen-bond donors (Lipinski definition) is 3. The van der Waals surface area contributed by atoms with Gasteiger partial charge in [-0.2, -0.15) is 4.98 Å². The minimum atomic E-state index is -1.51. The van der Waals surface area contributed by atoms with Crippen LogP contribution in [0.4, 0.5) is 5.95 Å². The van der Waals surface area contributed by atoms with Crippen molar-refractivity contribution in [1.82, 2.24) is 19.5 Å². The van der Waals surface area contributed by atoms with Crippen molar-refractivity contribution in [2.75, 3.05) is 19.5 Å². The SMILES string of the molecule is COc1c(C)cnc(Cn2cc([C@](C)(O)CO)c3c(Cl)nc(N)nc32)c1C. The van der Waals surface area contributed by atoms with Crippen LogP contribution >= 0.6 is 11.6 Å². The number of hydrogen-bond acceptors (Lipinski definition) is 7. The molecule has 0 amide bonds. The molecular formula is C18H22ClN5O3. The normalized spacial score (nSPS) is 13.7. The van der Waals surface area contributed by atoms with Crippen molar-refractivity contribution in [3.8, 4) is 5.75 Å². The van der Waals surface area contributed by atoms with Crippen LogP contribution in [0.1, 0.15) is 29.3 Å². The fourth-order valence-corrected chi connectivity index (χ4v) is 3.44. The summed E-state index contributed by atoms with van der Waals surface area (Å²) in [5.41, 5.74) is 7.75. The number of ether oxygens (including phenoxy) is 1. The fourth-order valence-electron chi connectivity index (χ4n) is 3.16. The molecule has 3 heterocycles. The highest BCUT2D eigenvalue weighted by Gasteiger charge is 2.29. The highest BCUT2D eigenvalue weighted by atomic mass is 35.5. The average Bonchev–Trinajstić information content (AvgIpc) is 2.97. The number of halogens is 1. The van der Waals surface area contributed by atoms with E-state index in [0.717, 1.165) is 22.6 Å². The molecule has 4 N–H and O–H groups in total. The Morgan fingerprint density at radius 1 is 1.33 bits per heavy atom. The van der Waals surface area contributed by atoms with Gasteiger partial charge in [-0.3, -0.25) is 4.98 Å². The second-order valence-electron chi connectivity index (χ2n) is 6.72. The number of nitrogens with two attached hydrogens (primary N) is 1. The first-order valence-electron chi connectivity index (χ1n) is 8.34. The molecule has 3 aromatic heterocycles. The zero-order chi connectivity index (χ0) is 19.9.